The van der Waals surface area contributed by atoms with Crippen LogP contribution >= 0.6 is 11.8 Å². The van der Waals surface area contributed by atoms with E-state index in [-0.39, 0.29) is 5.54 Å². The Labute approximate surface area is 88.1 Å². The van der Waals surface area contributed by atoms with Gasteiger partial charge in [0, 0.05) is 5.54 Å². The average Bonchev–Trinajstić information content (AvgIpc) is 2.01. The number of hydrogen-bond donors (Lipinski definition) is 1. The number of thioether (sulfide) groups is 1. The fourth-order valence-electron chi connectivity index (χ4n) is 1.04. The van der Waals surface area contributed by atoms with Crippen LogP contribution in [0.25, 0.3) is 0 Å². The summed E-state index contributed by atoms with van der Waals surface area (Å²) in [5, 5.41) is 3.50. The Morgan fingerprint density at radius 1 is 1.08 bits per heavy atom. The van der Waals surface area contributed by atoms with Gasteiger partial charge >= 0.3 is 0 Å². The molecule has 13 heavy (non-hydrogen) atoms. The maximum absolute atomic E-state index is 3.50. The van der Waals surface area contributed by atoms with E-state index in [2.05, 4.69) is 44.8 Å². The minimum atomic E-state index is 0.288. The van der Waals surface area contributed by atoms with Gasteiger partial charge < -0.3 is 5.32 Å². The van der Waals surface area contributed by atoms with E-state index in [9.17, 15) is 0 Å². The summed E-state index contributed by atoms with van der Waals surface area (Å²) in [6, 6.07) is 0. The van der Waals surface area contributed by atoms with Crippen molar-refractivity contribution in [3.05, 3.63) is 0 Å². The normalized spacial score (nSPS) is 12.0. The third-order valence-electron chi connectivity index (χ3n) is 1.72. The minimum Gasteiger partial charge on any atom is -0.312 e. The molecule has 0 rings (SSSR count). The summed E-state index contributed by atoms with van der Waals surface area (Å²) < 4.78 is 0. The molecule has 0 spiro atoms. The minimum absolute atomic E-state index is 0.288. The van der Waals surface area contributed by atoms with Gasteiger partial charge in [-0.15, -0.1) is 0 Å². The second-order valence-corrected chi connectivity index (χ2v) is 5.72. The van der Waals surface area contributed by atoms with Crippen LogP contribution in [0, 0.1) is 0 Å². The van der Waals surface area contributed by atoms with Gasteiger partial charge in [-0.25, -0.2) is 0 Å². The molecule has 0 saturated heterocycles. The lowest BCUT2D eigenvalue weighted by molar-refractivity contribution is 0.421. The van der Waals surface area contributed by atoms with Crippen LogP contribution < -0.4 is 5.32 Å². The van der Waals surface area contributed by atoms with Gasteiger partial charge in [-0.1, -0.05) is 6.92 Å². The first-order valence-corrected chi connectivity index (χ1v) is 6.54. The molecule has 2 heteroatoms. The molecule has 0 aromatic rings. The van der Waals surface area contributed by atoms with Crippen LogP contribution in [0.5, 0.6) is 0 Å². The Hall–Kier alpha value is 0.310. The van der Waals surface area contributed by atoms with E-state index in [1.54, 1.807) is 0 Å². The summed E-state index contributed by atoms with van der Waals surface area (Å²) in [7, 11) is 0. The van der Waals surface area contributed by atoms with E-state index >= 15 is 0 Å². The highest BCUT2D eigenvalue weighted by molar-refractivity contribution is 7.99. The molecule has 0 amide bonds. The lowest BCUT2D eigenvalue weighted by Crippen LogP contribution is -2.36. The molecule has 80 valence electrons. The average molecular weight is 203 g/mol. The lowest BCUT2D eigenvalue weighted by Gasteiger charge is -2.20. The maximum atomic E-state index is 3.50. The lowest BCUT2D eigenvalue weighted by atomic mass is 10.1. The van der Waals surface area contributed by atoms with E-state index in [1.165, 1.54) is 30.8 Å². The Morgan fingerprint density at radius 2 is 1.77 bits per heavy atom. The van der Waals surface area contributed by atoms with Crippen LogP contribution in [-0.4, -0.2) is 23.6 Å². The topological polar surface area (TPSA) is 12.0 Å². The molecule has 0 aromatic carbocycles. The van der Waals surface area contributed by atoms with E-state index < -0.39 is 0 Å². The Morgan fingerprint density at radius 3 is 2.31 bits per heavy atom. The van der Waals surface area contributed by atoms with Crippen molar-refractivity contribution >= 4 is 11.8 Å². The van der Waals surface area contributed by atoms with E-state index in [0.717, 1.165) is 6.54 Å². The van der Waals surface area contributed by atoms with Gasteiger partial charge in [0.2, 0.25) is 0 Å². The van der Waals surface area contributed by atoms with Gasteiger partial charge in [-0.2, -0.15) is 11.8 Å². The summed E-state index contributed by atoms with van der Waals surface area (Å²) in [5.74, 6) is 2.66. The first-order chi connectivity index (χ1) is 6.06. The Bertz CT molecular complexity index is 107. The standard InChI is InChI=1S/C11H25NS/c1-5-9-13-10-7-6-8-12-11(2,3)4/h12H,5-10H2,1-4H3. The summed E-state index contributed by atoms with van der Waals surface area (Å²) in [4.78, 5) is 0. The molecular weight excluding hydrogens is 178 g/mol. The van der Waals surface area contributed by atoms with Gasteiger partial charge in [0.05, 0.1) is 0 Å². The summed E-state index contributed by atoms with van der Waals surface area (Å²) in [5.41, 5.74) is 0.288. The number of nitrogens with one attached hydrogen (secondary N) is 1. The van der Waals surface area contributed by atoms with Gasteiger partial charge in [0.25, 0.3) is 0 Å². The quantitative estimate of drug-likeness (QED) is 0.637. The van der Waals surface area contributed by atoms with Gasteiger partial charge in [0.1, 0.15) is 0 Å². The summed E-state index contributed by atoms with van der Waals surface area (Å²) in [6.07, 6.45) is 3.98. The fraction of sp³-hybridized carbons (Fsp3) is 1.00. The predicted molar refractivity (Wildman–Crippen MR) is 64.6 cm³/mol. The third-order valence-corrected chi connectivity index (χ3v) is 2.99. The molecule has 0 aliphatic heterocycles. The fourth-order valence-corrected chi connectivity index (χ4v) is 1.94. The molecule has 0 radical (unpaired) electrons. The second kappa shape index (κ2) is 7.69. The molecule has 0 heterocycles. The zero-order chi connectivity index (χ0) is 10.2. The van der Waals surface area contributed by atoms with E-state index in [1.807, 2.05) is 0 Å². The molecule has 0 saturated carbocycles. The van der Waals surface area contributed by atoms with E-state index in [4.69, 9.17) is 0 Å². The van der Waals surface area contributed by atoms with Crippen LogP contribution in [0.3, 0.4) is 0 Å². The molecule has 0 bridgehead atoms. The zero-order valence-corrected chi connectivity index (χ0v) is 10.5. The van der Waals surface area contributed by atoms with Crippen molar-refractivity contribution in [3.8, 4) is 0 Å². The second-order valence-electron chi connectivity index (χ2n) is 4.50. The van der Waals surface area contributed by atoms with E-state index in [0.29, 0.717) is 0 Å². The molecule has 1 N–H and O–H groups in total. The monoisotopic (exact) mass is 203 g/mol. The molecule has 0 aliphatic carbocycles. The predicted octanol–water partition coefficient (Wildman–Crippen LogP) is 3.30. The van der Waals surface area contributed by atoms with Crippen LogP contribution in [0.2, 0.25) is 0 Å². The summed E-state index contributed by atoms with van der Waals surface area (Å²) >= 11 is 2.08. The van der Waals surface area contributed by atoms with Crippen LogP contribution in [0.4, 0.5) is 0 Å². The first-order valence-electron chi connectivity index (χ1n) is 5.39. The Balaban J connectivity index is 3.00. The highest BCUT2D eigenvalue weighted by atomic mass is 32.2. The number of hydrogen-bond acceptors (Lipinski definition) is 2. The highest BCUT2D eigenvalue weighted by Crippen LogP contribution is 2.06. The van der Waals surface area contributed by atoms with Gasteiger partial charge in [0.15, 0.2) is 0 Å². The van der Waals surface area contributed by atoms with Crippen molar-refractivity contribution in [2.45, 2.75) is 52.5 Å². The highest BCUT2D eigenvalue weighted by Gasteiger charge is 2.06. The van der Waals surface area contributed by atoms with Crippen molar-refractivity contribution in [1.82, 2.24) is 5.32 Å². The zero-order valence-electron chi connectivity index (χ0n) is 9.65. The van der Waals surface area contributed by atoms with Crippen LogP contribution in [0.1, 0.15) is 47.0 Å². The van der Waals surface area contributed by atoms with Gasteiger partial charge in [-0.3, -0.25) is 0 Å². The molecule has 1 nitrogen and oxygen atoms in total. The number of rotatable bonds is 7. The molecular formula is C11H25NS. The smallest absolute Gasteiger partial charge is 0.00965 e. The maximum Gasteiger partial charge on any atom is 0.00965 e. The molecule has 0 aliphatic rings. The van der Waals surface area contributed by atoms with Crippen LogP contribution in [0.15, 0.2) is 0 Å². The number of unbranched alkanes of at least 4 members (excludes halogenated alkanes) is 1. The van der Waals surface area contributed by atoms with Crippen molar-refractivity contribution in [2.75, 3.05) is 18.1 Å². The SMILES string of the molecule is CCCSCCCCNC(C)(C)C. The van der Waals surface area contributed by atoms with Crippen molar-refractivity contribution in [1.29, 1.82) is 0 Å². The van der Waals surface area contributed by atoms with Crippen molar-refractivity contribution in [3.63, 3.8) is 0 Å². The molecule has 0 atom stereocenters. The van der Waals surface area contributed by atoms with Crippen molar-refractivity contribution in [2.24, 2.45) is 0 Å². The first kappa shape index (κ1) is 13.3. The van der Waals surface area contributed by atoms with Crippen molar-refractivity contribution < 1.29 is 0 Å². The molecule has 0 fully saturated rings. The van der Waals surface area contributed by atoms with Crippen LogP contribution in [-0.2, 0) is 0 Å². The molecule has 0 unspecified atom stereocenters. The Kier molecular flexibility index (Phi) is 7.87. The van der Waals surface area contributed by atoms with Gasteiger partial charge in [-0.05, 0) is 58.1 Å². The molecule has 0 aromatic heterocycles. The largest absolute Gasteiger partial charge is 0.312 e. The summed E-state index contributed by atoms with van der Waals surface area (Å²) in [6.45, 7) is 10.1. The third kappa shape index (κ3) is 12.3.